The van der Waals surface area contributed by atoms with Crippen molar-refractivity contribution in [3.05, 3.63) is 17.5 Å². The van der Waals surface area contributed by atoms with E-state index in [4.69, 9.17) is 15.2 Å². The summed E-state index contributed by atoms with van der Waals surface area (Å²) < 4.78 is 51.7. The molecule has 1 aromatic heterocycles. The minimum absolute atomic E-state index is 0.0152. The van der Waals surface area contributed by atoms with E-state index in [1.54, 1.807) is 11.8 Å². The first-order chi connectivity index (χ1) is 15.2. The van der Waals surface area contributed by atoms with Crippen LogP contribution < -0.4 is 20.9 Å². The third-order valence-electron chi connectivity index (χ3n) is 5.34. The van der Waals surface area contributed by atoms with Crippen molar-refractivity contribution in [2.45, 2.75) is 25.2 Å². The van der Waals surface area contributed by atoms with Gasteiger partial charge in [-0.25, -0.2) is 14.8 Å². The van der Waals surface area contributed by atoms with E-state index in [0.717, 1.165) is 4.90 Å². The fraction of sp³-hybridized carbons (Fsp3) is 0.556. The summed E-state index contributed by atoms with van der Waals surface area (Å²) in [5.41, 5.74) is 4.06. The maximum Gasteiger partial charge on any atom is 0.431 e. The molecule has 0 aliphatic carbocycles. The number of carbonyl (C=O) groups excluding carboxylic acids is 1. The molecule has 11 nitrogen and oxygen atoms in total. The number of morpholine rings is 1. The normalized spacial score (nSPS) is 24.4. The van der Waals surface area contributed by atoms with Crippen LogP contribution in [0.15, 0.2) is 16.8 Å². The number of guanidine groups is 1. The monoisotopic (exact) mass is 457 g/mol. The van der Waals surface area contributed by atoms with Gasteiger partial charge >= 0.3 is 12.3 Å². The summed E-state index contributed by atoms with van der Waals surface area (Å²) in [4.78, 5) is 27.9. The number of alkyl halides is 3. The number of hydrogen-bond acceptors (Lipinski definition) is 10. The van der Waals surface area contributed by atoms with Crippen molar-refractivity contribution in [1.82, 2.24) is 15.3 Å². The Kier molecular flexibility index (Phi) is 5.81. The van der Waals surface area contributed by atoms with Crippen LogP contribution >= 0.6 is 0 Å². The van der Waals surface area contributed by atoms with Crippen molar-refractivity contribution in [1.29, 1.82) is 0 Å². The molecule has 2 atom stereocenters. The SMILES string of the molecule is C[C@@H]1OC(=O)N(c2cc(C3=C(C(F)(F)F)NC(N)=NC3)nc(N3CCOCC3)n2)[C@H]1CO. The summed E-state index contributed by atoms with van der Waals surface area (Å²) in [5.74, 6) is -0.219. The van der Waals surface area contributed by atoms with Gasteiger partial charge in [0.2, 0.25) is 5.95 Å². The molecule has 1 aromatic rings. The number of hydrogen-bond donors (Lipinski definition) is 3. The quantitative estimate of drug-likeness (QED) is 0.579. The van der Waals surface area contributed by atoms with Crippen LogP contribution in [0.5, 0.6) is 0 Å². The van der Waals surface area contributed by atoms with Crippen molar-refractivity contribution in [3.8, 4) is 0 Å². The van der Waals surface area contributed by atoms with Crippen LogP contribution in [-0.2, 0) is 9.47 Å². The molecule has 32 heavy (non-hydrogen) atoms. The summed E-state index contributed by atoms with van der Waals surface area (Å²) in [7, 11) is 0. The van der Waals surface area contributed by atoms with E-state index in [-0.39, 0.29) is 35.5 Å². The van der Waals surface area contributed by atoms with Crippen LogP contribution in [0.1, 0.15) is 12.6 Å². The van der Waals surface area contributed by atoms with Gasteiger partial charge < -0.3 is 30.5 Å². The van der Waals surface area contributed by atoms with Crippen LogP contribution in [0.3, 0.4) is 0 Å². The van der Waals surface area contributed by atoms with Gasteiger partial charge in [0.1, 0.15) is 23.7 Å². The molecule has 4 heterocycles. The highest BCUT2D eigenvalue weighted by Gasteiger charge is 2.42. The minimum Gasteiger partial charge on any atom is -0.444 e. The van der Waals surface area contributed by atoms with Crippen LogP contribution in [0, 0.1) is 0 Å². The Morgan fingerprint density at radius 3 is 2.69 bits per heavy atom. The summed E-state index contributed by atoms with van der Waals surface area (Å²) in [6.07, 6.45) is -6.14. The number of nitrogens with zero attached hydrogens (tertiary/aromatic N) is 5. The lowest BCUT2D eigenvalue weighted by molar-refractivity contribution is -0.0945. The third-order valence-corrected chi connectivity index (χ3v) is 5.34. The number of aliphatic imine (C=N–C) groups is 1. The summed E-state index contributed by atoms with van der Waals surface area (Å²) >= 11 is 0. The Labute approximate surface area is 180 Å². The van der Waals surface area contributed by atoms with Gasteiger partial charge in [-0.15, -0.1) is 0 Å². The van der Waals surface area contributed by atoms with Gasteiger partial charge in [-0.3, -0.25) is 4.90 Å². The second-order valence-electron chi connectivity index (χ2n) is 7.40. The van der Waals surface area contributed by atoms with Gasteiger partial charge in [-0.05, 0) is 6.92 Å². The first kappa shape index (κ1) is 22.1. The molecule has 4 N–H and O–H groups in total. The molecule has 2 saturated heterocycles. The number of rotatable bonds is 4. The number of amides is 1. The zero-order valence-corrected chi connectivity index (χ0v) is 17.1. The van der Waals surface area contributed by atoms with E-state index in [1.165, 1.54) is 6.07 Å². The fourth-order valence-electron chi connectivity index (χ4n) is 3.68. The topological polar surface area (TPSA) is 138 Å². The second-order valence-corrected chi connectivity index (χ2v) is 7.40. The van der Waals surface area contributed by atoms with E-state index < -0.39 is 36.7 Å². The zero-order chi connectivity index (χ0) is 23.0. The molecule has 2 fully saturated rings. The number of anilines is 2. The molecule has 4 rings (SSSR count). The van der Waals surface area contributed by atoms with E-state index in [1.807, 2.05) is 0 Å². The van der Waals surface area contributed by atoms with Crippen molar-refractivity contribution in [3.63, 3.8) is 0 Å². The zero-order valence-electron chi connectivity index (χ0n) is 17.1. The molecule has 0 saturated carbocycles. The Hall–Kier alpha value is -3.13. The second kappa shape index (κ2) is 8.43. The van der Waals surface area contributed by atoms with Crippen LogP contribution in [0.4, 0.5) is 29.7 Å². The average molecular weight is 457 g/mol. The smallest absolute Gasteiger partial charge is 0.431 e. The third kappa shape index (κ3) is 4.14. The summed E-state index contributed by atoms with van der Waals surface area (Å²) in [6.45, 7) is 2.45. The number of halogens is 3. The van der Waals surface area contributed by atoms with Gasteiger partial charge in [0.15, 0.2) is 5.96 Å². The molecular weight excluding hydrogens is 435 g/mol. The van der Waals surface area contributed by atoms with E-state index in [9.17, 15) is 23.1 Å². The molecule has 0 unspecified atom stereocenters. The van der Waals surface area contributed by atoms with E-state index in [0.29, 0.717) is 26.3 Å². The Bertz CT molecular complexity index is 962. The van der Waals surface area contributed by atoms with Gasteiger partial charge in [-0.2, -0.15) is 18.2 Å². The van der Waals surface area contributed by atoms with Crippen LogP contribution in [-0.4, -0.2) is 84.9 Å². The molecule has 0 aromatic carbocycles. The first-order valence-corrected chi connectivity index (χ1v) is 9.89. The molecule has 0 spiro atoms. The Morgan fingerprint density at radius 2 is 2.03 bits per heavy atom. The average Bonchev–Trinajstić information content (AvgIpc) is 3.06. The number of nitrogens with two attached hydrogens (primary N) is 1. The predicted octanol–water partition coefficient (Wildman–Crippen LogP) is 0.211. The number of ether oxygens (including phenoxy) is 2. The van der Waals surface area contributed by atoms with Gasteiger partial charge in [0.25, 0.3) is 0 Å². The number of aliphatic hydroxyl groups excluding tert-OH is 1. The highest BCUT2D eigenvalue weighted by molar-refractivity contribution is 5.91. The van der Waals surface area contributed by atoms with Crippen LogP contribution in [0.25, 0.3) is 5.57 Å². The molecule has 174 valence electrons. The number of aromatic nitrogens is 2. The lowest BCUT2D eigenvalue weighted by atomic mass is 10.1. The standard InChI is InChI=1S/C18H22F3N7O4/c1-9-12(8-29)28(17(30)32-9)13-6-11(24-16(25-13)27-2-4-31-5-3-27)10-7-23-15(22)26-14(10)18(19,20)21/h6,9,12,29H,2-5,7-8H2,1H3,(H3,22,23,26)/t9-,12-/m0/s1. The molecule has 3 aliphatic heterocycles. The lowest BCUT2D eigenvalue weighted by Gasteiger charge is -2.29. The number of aliphatic hydroxyl groups is 1. The number of carbonyl (C=O) groups is 1. The number of cyclic esters (lactones) is 1. The van der Waals surface area contributed by atoms with Gasteiger partial charge in [0.05, 0.1) is 32.1 Å². The molecular formula is C18H22F3N7O4. The molecule has 14 heteroatoms. The van der Waals surface area contributed by atoms with Gasteiger partial charge in [-0.1, -0.05) is 0 Å². The van der Waals surface area contributed by atoms with Crippen LogP contribution in [0.2, 0.25) is 0 Å². The highest BCUT2D eigenvalue weighted by atomic mass is 19.4. The Morgan fingerprint density at radius 1 is 1.31 bits per heavy atom. The summed E-state index contributed by atoms with van der Waals surface area (Å²) in [5, 5.41) is 11.8. The van der Waals surface area contributed by atoms with Crippen molar-refractivity contribution < 1.29 is 32.5 Å². The maximum absolute atomic E-state index is 13.7. The highest BCUT2D eigenvalue weighted by Crippen LogP contribution is 2.35. The molecule has 0 bridgehead atoms. The molecule has 0 radical (unpaired) electrons. The molecule has 3 aliphatic rings. The first-order valence-electron chi connectivity index (χ1n) is 9.89. The maximum atomic E-state index is 13.7. The number of nitrogens with one attached hydrogen (secondary N) is 1. The van der Waals surface area contributed by atoms with Gasteiger partial charge in [0, 0.05) is 24.7 Å². The minimum atomic E-state index is -4.74. The fourth-order valence-corrected chi connectivity index (χ4v) is 3.68. The summed E-state index contributed by atoms with van der Waals surface area (Å²) in [6, 6.07) is 0.503. The largest absolute Gasteiger partial charge is 0.444 e. The van der Waals surface area contributed by atoms with Crippen molar-refractivity contribution in [2.24, 2.45) is 10.7 Å². The van der Waals surface area contributed by atoms with E-state index in [2.05, 4.69) is 20.3 Å². The Balaban J connectivity index is 1.85. The predicted molar refractivity (Wildman–Crippen MR) is 107 cm³/mol. The lowest BCUT2D eigenvalue weighted by Crippen LogP contribution is -2.42. The van der Waals surface area contributed by atoms with E-state index >= 15 is 0 Å². The van der Waals surface area contributed by atoms with Crippen molar-refractivity contribution >= 4 is 29.4 Å². The van der Waals surface area contributed by atoms with Crippen molar-refractivity contribution in [2.75, 3.05) is 49.3 Å². The molecule has 1 amide bonds. The number of allylic oxidation sites excluding steroid dienone is 1.